The zero-order valence-corrected chi connectivity index (χ0v) is 16.7. The first-order chi connectivity index (χ1) is 15.3. The summed E-state index contributed by atoms with van der Waals surface area (Å²) in [5, 5.41) is 10.7. The van der Waals surface area contributed by atoms with E-state index in [2.05, 4.69) is 20.5 Å². The summed E-state index contributed by atoms with van der Waals surface area (Å²) in [4.78, 5) is 24.0. The van der Waals surface area contributed by atoms with Crippen molar-refractivity contribution in [2.45, 2.75) is 18.6 Å². The van der Waals surface area contributed by atoms with Gasteiger partial charge in [-0.25, -0.2) is 14.4 Å². The molecule has 2 aliphatic heterocycles. The number of amides is 1. The summed E-state index contributed by atoms with van der Waals surface area (Å²) in [5.74, 6) is -0.830. The Morgan fingerprint density at radius 3 is 2.84 bits per heavy atom. The number of nitrogens with one attached hydrogen (secondary N) is 2. The first kappa shape index (κ1) is 21.7. The van der Waals surface area contributed by atoms with Gasteiger partial charge in [0.05, 0.1) is 23.5 Å². The van der Waals surface area contributed by atoms with Gasteiger partial charge < -0.3 is 15.2 Å². The molecule has 32 heavy (non-hydrogen) atoms. The number of benzene rings is 1. The Kier molecular flexibility index (Phi) is 5.76. The van der Waals surface area contributed by atoms with Gasteiger partial charge in [-0.2, -0.15) is 18.3 Å². The van der Waals surface area contributed by atoms with E-state index in [-0.39, 0.29) is 35.7 Å². The normalized spacial score (nSPS) is 20.6. The summed E-state index contributed by atoms with van der Waals surface area (Å²) in [7, 11) is 0. The van der Waals surface area contributed by atoms with Crippen molar-refractivity contribution in [1.82, 2.24) is 14.9 Å². The molecule has 168 valence electrons. The zero-order chi connectivity index (χ0) is 22.9. The van der Waals surface area contributed by atoms with Gasteiger partial charge in [0.2, 0.25) is 5.95 Å². The number of fused-ring (bicyclic) bond motifs is 1. The quantitative estimate of drug-likeness (QED) is 0.416. The van der Waals surface area contributed by atoms with Gasteiger partial charge in [0.1, 0.15) is 11.5 Å². The van der Waals surface area contributed by atoms with Crippen LogP contribution >= 0.6 is 0 Å². The zero-order valence-electron chi connectivity index (χ0n) is 16.7. The Bertz CT molecular complexity index is 1060. The van der Waals surface area contributed by atoms with Crippen LogP contribution in [-0.4, -0.2) is 58.9 Å². The number of piperidine rings is 1. The standard InChI is InChI=1S/C20H19F4N7O/c21-13-1-2-15(29-27-7-5-25)14(9-13)18(32)30-8-4-12-10-31(16(12)11-30)19-26-6-3-17(28-19)20(22,23)24/h1-3,5-7,9,12,16,25,29H,4,8,10-11H2/b25-5?,27-7-/t12-,16-/m0/s1. The molecule has 2 fully saturated rings. The lowest BCUT2D eigenvalue weighted by atomic mass is 9.82. The maximum atomic E-state index is 13.8. The van der Waals surface area contributed by atoms with Crippen molar-refractivity contribution in [1.29, 1.82) is 5.41 Å². The monoisotopic (exact) mass is 449 g/mol. The summed E-state index contributed by atoms with van der Waals surface area (Å²) in [6.45, 7) is 1.21. The van der Waals surface area contributed by atoms with E-state index in [0.717, 1.165) is 24.5 Å². The van der Waals surface area contributed by atoms with Crippen LogP contribution in [0.5, 0.6) is 0 Å². The number of aromatic nitrogens is 2. The van der Waals surface area contributed by atoms with E-state index < -0.39 is 23.6 Å². The van der Waals surface area contributed by atoms with Gasteiger partial charge in [-0.15, -0.1) is 0 Å². The van der Waals surface area contributed by atoms with Crippen molar-refractivity contribution in [3.63, 3.8) is 0 Å². The van der Waals surface area contributed by atoms with Gasteiger partial charge in [0.15, 0.2) is 0 Å². The van der Waals surface area contributed by atoms with E-state index in [4.69, 9.17) is 5.41 Å². The summed E-state index contributed by atoms with van der Waals surface area (Å²) in [5.41, 5.74) is 1.96. The largest absolute Gasteiger partial charge is 0.433 e. The predicted octanol–water partition coefficient (Wildman–Crippen LogP) is 3.03. The molecule has 2 aliphatic rings. The van der Waals surface area contributed by atoms with Gasteiger partial charge in [-0.1, -0.05) is 0 Å². The SMILES string of the molecule is N=C/C=N\Nc1ccc(F)cc1C(=O)N1CC[C@H]2CN(c3nccc(C(F)(F)F)n3)[C@H]2C1. The molecule has 0 radical (unpaired) electrons. The van der Waals surface area contributed by atoms with Crippen LogP contribution in [0.1, 0.15) is 22.5 Å². The maximum absolute atomic E-state index is 13.8. The number of carbonyl (C=O) groups excluding carboxylic acids is 1. The third kappa shape index (κ3) is 4.25. The number of hydrazone groups is 1. The van der Waals surface area contributed by atoms with Crippen LogP contribution < -0.4 is 10.3 Å². The first-order valence-corrected chi connectivity index (χ1v) is 9.82. The number of halogens is 4. The topological polar surface area (TPSA) is 97.6 Å². The van der Waals surface area contributed by atoms with Crippen molar-refractivity contribution in [3.05, 3.63) is 47.5 Å². The second-order valence-corrected chi connectivity index (χ2v) is 7.51. The summed E-state index contributed by atoms with van der Waals surface area (Å²) >= 11 is 0. The van der Waals surface area contributed by atoms with Crippen LogP contribution in [0.2, 0.25) is 0 Å². The Balaban J connectivity index is 1.52. The second kappa shape index (κ2) is 8.52. The molecule has 0 aliphatic carbocycles. The van der Waals surface area contributed by atoms with Crippen molar-refractivity contribution in [2.75, 3.05) is 30.0 Å². The second-order valence-electron chi connectivity index (χ2n) is 7.51. The fourth-order valence-electron chi connectivity index (χ4n) is 3.96. The fourth-order valence-corrected chi connectivity index (χ4v) is 3.96. The highest BCUT2D eigenvalue weighted by Crippen LogP contribution is 2.37. The van der Waals surface area contributed by atoms with Crippen LogP contribution in [0.25, 0.3) is 0 Å². The molecule has 4 rings (SSSR count). The smallest absolute Gasteiger partial charge is 0.336 e. The van der Waals surface area contributed by atoms with Crippen molar-refractivity contribution >= 4 is 30.0 Å². The molecule has 3 heterocycles. The number of hydrogen-bond acceptors (Lipinski definition) is 7. The molecule has 0 unspecified atom stereocenters. The van der Waals surface area contributed by atoms with Crippen LogP contribution in [0.3, 0.4) is 0 Å². The lowest BCUT2D eigenvalue weighted by molar-refractivity contribution is -0.141. The van der Waals surface area contributed by atoms with E-state index in [0.29, 0.717) is 19.5 Å². The molecule has 0 saturated carbocycles. The average Bonchev–Trinajstić information content (AvgIpc) is 2.75. The number of hydrogen-bond donors (Lipinski definition) is 2. The molecular formula is C20H19F4N7O. The molecule has 0 spiro atoms. The van der Waals surface area contributed by atoms with Crippen LogP contribution in [-0.2, 0) is 6.18 Å². The molecular weight excluding hydrogens is 430 g/mol. The average molecular weight is 449 g/mol. The van der Waals surface area contributed by atoms with Crippen LogP contribution in [0.15, 0.2) is 35.6 Å². The number of carbonyl (C=O) groups is 1. The highest BCUT2D eigenvalue weighted by Gasteiger charge is 2.45. The highest BCUT2D eigenvalue weighted by molar-refractivity contribution is 6.14. The maximum Gasteiger partial charge on any atom is 0.433 e. The minimum atomic E-state index is -4.57. The number of rotatable bonds is 5. The van der Waals surface area contributed by atoms with Crippen LogP contribution in [0.4, 0.5) is 29.2 Å². The third-order valence-corrected chi connectivity index (χ3v) is 5.58. The van der Waals surface area contributed by atoms with E-state index in [1.54, 1.807) is 9.80 Å². The Morgan fingerprint density at radius 2 is 2.09 bits per heavy atom. The number of anilines is 2. The molecule has 2 N–H and O–H groups in total. The van der Waals surface area contributed by atoms with Crippen molar-refractivity contribution in [3.8, 4) is 0 Å². The van der Waals surface area contributed by atoms with Gasteiger partial charge in [0.25, 0.3) is 5.91 Å². The molecule has 0 bridgehead atoms. The Hall–Kier alpha value is -3.57. The summed E-state index contributed by atoms with van der Waals surface area (Å²) in [6.07, 6.45) is -0.717. The van der Waals surface area contributed by atoms with Gasteiger partial charge in [-0.05, 0) is 30.7 Å². The van der Waals surface area contributed by atoms with E-state index >= 15 is 0 Å². The number of likely N-dealkylation sites (tertiary alicyclic amines) is 1. The van der Waals surface area contributed by atoms with Gasteiger partial charge in [0, 0.05) is 38.0 Å². The highest BCUT2D eigenvalue weighted by atomic mass is 19.4. The molecule has 1 amide bonds. The van der Waals surface area contributed by atoms with Crippen molar-refractivity contribution < 1.29 is 22.4 Å². The molecule has 2 atom stereocenters. The molecule has 1 aromatic carbocycles. The first-order valence-electron chi connectivity index (χ1n) is 9.82. The number of nitrogens with zero attached hydrogens (tertiary/aromatic N) is 5. The summed E-state index contributed by atoms with van der Waals surface area (Å²) < 4.78 is 52.8. The number of alkyl halides is 3. The Labute approximate surface area is 180 Å². The molecule has 2 saturated heterocycles. The van der Waals surface area contributed by atoms with E-state index in [1.165, 1.54) is 18.3 Å². The Morgan fingerprint density at radius 1 is 1.28 bits per heavy atom. The molecule has 8 nitrogen and oxygen atoms in total. The molecule has 12 heteroatoms. The summed E-state index contributed by atoms with van der Waals surface area (Å²) in [6, 6.07) is 4.26. The predicted molar refractivity (Wildman–Crippen MR) is 109 cm³/mol. The van der Waals surface area contributed by atoms with Crippen LogP contribution in [0, 0.1) is 17.1 Å². The van der Waals surface area contributed by atoms with Crippen molar-refractivity contribution in [2.24, 2.45) is 11.0 Å². The molecule has 2 aromatic rings. The third-order valence-electron chi connectivity index (χ3n) is 5.58. The lowest BCUT2D eigenvalue weighted by Gasteiger charge is -2.53. The lowest BCUT2D eigenvalue weighted by Crippen LogP contribution is -2.65. The van der Waals surface area contributed by atoms with Gasteiger partial charge >= 0.3 is 6.18 Å². The minimum absolute atomic E-state index is 0.0236. The van der Waals surface area contributed by atoms with Gasteiger partial charge in [-0.3, -0.25) is 10.2 Å². The fraction of sp³-hybridized carbons (Fsp3) is 0.350. The van der Waals surface area contributed by atoms with E-state index in [1.807, 2.05) is 0 Å². The van der Waals surface area contributed by atoms with E-state index in [9.17, 15) is 22.4 Å². The minimum Gasteiger partial charge on any atom is -0.336 e. The molecule has 1 aromatic heterocycles.